The predicted molar refractivity (Wildman–Crippen MR) is 138 cm³/mol. The second-order valence-electron chi connectivity index (χ2n) is 9.65. The number of ether oxygens (including phenoxy) is 1. The summed E-state index contributed by atoms with van der Waals surface area (Å²) in [6, 6.07) is 12.9. The van der Waals surface area contributed by atoms with E-state index in [4.69, 9.17) is 4.74 Å². The molecule has 6 nitrogen and oxygen atoms in total. The predicted octanol–water partition coefficient (Wildman–Crippen LogP) is 6.42. The van der Waals surface area contributed by atoms with E-state index in [1.807, 2.05) is 48.0 Å². The highest BCUT2D eigenvalue weighted by Crippen LogP contribution is 2.45. The van der Waals surface area contributed by atoms with Gasteiger partial charge in [0, 0.05) is 29.9 Å². The van der Waals surface area contributed by atoms with E-state index in [9.17, 15) is 9.60 Å². The number of allylic oxidation sites excluding steroid dienone is 2. The smallest absolute Gasteiger partial charge is 0.143 e. The molecule has 2 aliphatic rings. The number of hydrogen-bond donors (Lipinski definition) is 1. The third-order valence-electron chi connectivity index (χ3n) is 7.31. The van der Waals surface area contributed by atoms with Crippen molar-refractivity contribution in [3.05, 3.63) is 88.9 Å². The molecule has 0 radical (unpaired) electrons. The molecule has 1 saturated heterocycles. The van der Waals surface area contributed by atoms with Gasteiger partial charge >= 0.3 is 0 Å². The van der Waals surface area contributed by atoms with E-state index in [0.29, 0.717) is 11.5 Å². The molecule has 2 aromatic carbocycles. The van der Waals surface area contributed by atoms with Crippen LogP contribution in [-0.4, -0.2) is 39.0 Å². The molecule has 1 saturated carbocycles. The molecule has 7 heteroatoms. The molecule has 1 aromatic heterocycles. The van der Waals surface area contributed by atoms with Gasteiger partial charge in [0.15, 0.2) is 0 Å². The van der Waals surface area contributed by atoms with E-state index < -0.39 is 0 Å². The summed E-state index contributed by atoms with van der Waals surface area (Å²) in [6.07, 6.45) is 8.68. The molecule has 3 aromatic rings. The van der Waals surface area contributed by atoms with Crippen molar-refractivity contribution in [2.24, 2.45) is 11.1 Å². The van der Waals surface area contributed by atoms with Crippen LogP contribution in [0.3, 0.4) is 0 Å². The quantitative estimate of drug-likeness (QED) is 0.237. The summed E-state index contributed by atoms with van der Waals surface area (Å²) in [5, 5.41) is 14.1. The van der Waals surface area contributed by atoms with Gasteiger partial charge in [0.2, 0.25) is 0 Å². The third-order valence-corrected chi connectivity index (χ3v) is 7.31. The Morgan fingerprint density at radius 1 is 1.22 bits per heavy atom. The fourth-order valence-corrected chi connectivity index (χ4v) is 5.53. The first-order valence-corrected chi connectivity index (χ1v) is 12.7. The lowest BCUT2D eigenvalue weighted by molar-refractivity contribution is 0.194. The molecule has 2 atom stereocenters. The van der Waals surface area contributed by atoms with Crippen LogP contribution in [0.25, 0.3) is 5.69 Å². The number of likely N-dealkylation sites (tertiary alicyclic amines) is 1. The SMILES string of the molecule is CCC(c1ccc(F)cc1)N1CCCC(/C(=N\O)c2ccc(-n3cnc(C)c3)c(OC)c2)C1=C1CC1. The highest BCUT2D eigenvalue weighted by molar-refractivity contribution is 6.04. The van der Waals surface area contributed by atoms with E-state index in [1.54, 1.807) is 25.6 Å². The molecule has 1 aliphatic carbocycles. The number of hydrogen-bond acceptors (Lipinski definition) is 5. The minimum Gasteiger partial charge on any atom is -0.495 e. The minimum atomic E-state index is -0.219. The van der Waals surface area contributed by atoms with Gasteiger partial charge in [-0.2, -0.15) is 0 Å². The number of halogens is 1. The van der Waals surface area contributed by atoms with Gasteiger partial charge in [-0.1, -0.05) is 30.3 Å². The van der Waals surface area contributed by atoms with Gasteiger partial charge in [-0.25, -0.2) is 9.37 Å². The standard InChI is InChI=1S/C29H33FN4O2/c1-4-25(20-9-12-23(30)13-10-20)34-15-5-6-24(29(34)21-7-8-21)28(32-35)22-11-14-26(27(16-22)36-3)33-17-19(2)31-18-33/h9-14,16-18,24-25,35H,4-8,15H2,1-3H3/b32-28-. The molecular weight excluding hydrogens is 455 g/mol. The zero-order chi connectivity index (χ0) is 25.2. The minimum absolute atomic E-state index is 0.0122. The third kappa shape index (κ3) is 4.62. The summed E-state index contributed by atoms with van der Waals surface area (Å²) in [5.74, 6) is 0.461. The van der Waals surface area contributed by atoms with Crippen LogP contribution in [0.15, 0.2) is 71.4 Å². The first-order chi connectivity index (χ1) is 17.5. The number of aryl methyl sites for hydroxylation is 1. The topological polar surface area (TPSA) is 62.9 Å². The number of benzene rings is 2. The number of imidazole rings is 1. The maximum atomic E-state index is 13.6. The molecule has 0 spiro atoms. The van der Waals surface area contributed by atoms with Gasteiger partial charge in [-0.3, -0.25) is 0 Å². The van der Waals surface area contributed by atoms with Crippen molar-refractivity contribution in [2.75, 3.05) is 13.7 Å². The normalized spacial score (nSPS) is 18.9. The Morgan fingerprint density at radius 2 is 2.00 bits per heavy atom. The Hall–Kier alpha value is -3.61. The van der Waals surface area contributed by atoms with E-state index in [2.05, 4.69) is 22.0 Å². The van der Waals surface area contributed by atoms with Crippen LogP contribution in [0.1, 0.15) is 61.9 Å². The number of rotatable bonds is 7. The first-order valence-electron chi connectivity index (χ1n) is 12.7. The number of methoxy groups -OCH3 is 1. The Morgan fingerprint density at radius 3 is 2.61 bits per heavy atom. The van der Waals surface area contributed by atoms with Crippen LogP contribution in [0, 0.1) is 18.7 Å². The summed E-state index contributed by atoms with van der Waals surface area (Å²) in [7, 11) is 1.65. The summed E-state index contributed by atoms with van der Waals surface area (Å²) in [5.41, 5.74) is 7.13. The Bertz CT molecular complexity index is 1290. The fourth-order valence-electron chi connectivity index (χ4n) is 5.53. The molecule has 2 heterocycles. The van der Waals surface area contributed by atoms with Crippen molar-refractivity contribution < 1.29 is 14.3 Å². The molecule has 1 aliphatic heterocycles. The average molecular weight is 489 g/mol. The van der Waals surface area contributed by atoms with Crippen molar-refractivity contribution in [3.8, 4) is 11.4 Å². The number of oxime groups is 1. The highest BCUT2D eigenvalue weighted by Gasteiger charge is 2.38. The fraction of sp³-hybridized carbons (Fsp3) is 0.379. The van der Waals surface area contributed by atoms with Gasteiger partial charge in [0.05, 0.1) is 36.6 Å². The zero-order valence-electron chi connectivity index (χ0n) is 21.1. The van der Waals surface area contributed by atoms with Gasteiger partial charge in [0.25, 0.3) is 0 Å². The van der Waals surface area contributed by atoms with Gasteiger partial charge < -0.3 is 19.4 Å². The van der Waals surface area contributed by atoms with E-state index in [-0.39, 0.29) is 17.8 Å². The first kappa shape index (κ1) is 24.1. The van der Waals surface area contributed by atoms with Crippen LogP contribution >= 0.6 is 0 Å². The molecule has 2 unspecified atom stereocenters. The van der Waals surface area contributed by atoms with Crippen molar-refractivity contribution >= 4 is 5.71 Å². The van der Waals surface area contributed by atoms with Crippen LogP contribution in [0.4, 0.5) is 4.39 Å². The van der Waals surface area contributed by atoms with Gasteiger partial charge in [-0.05, 0) is 74.4 Å². The van der Waals surface area contributed by atoms with Crippen LogP contribution in [0.5, 0.6) is 5.75 Å². The molecule has 5 rings (SSSR count). The highest BCUT2D eigenvalue weighted by atomic mass is 19.1. The van der Waals surface area contributed by atoms with Crippen molar-refractivity contribution in [3.63, 3.8) is 0 Å². The largest absolute Gasteiger partial charge is 0.495 e. The lowest BCUT2D eigenvalue weighted by Crippen LogP contribution is -2.39. The van der Waals surface area contributed by atoms with Gasteiger partial charge in [-0.15, -0.1) is 0 Å². The summed E-state index contributed by atoms with van der Waals surface area (Å²) in [4.78, 5) is 6.81. The number of nitrogens with zero attached hydrogens (tertiary/aromatic N) is 4. The van der Waals surface area contributed by atoms with E-state index >= 15 is 0 Å². The Balaban J connectivity index is 1.50. The molecule has 0 amide bonds. The molecule has 2 fully saturated rings. The van der Waals surface area contributed by atoms with Crippen LogP contribution in [0.2, 0.25) is 0 Å². The number of piperidine rings is 1. The molecule has 36 heavy (non-hydrogen) atoms. The van der Waals surface area contributed by atoms with Crippen molar-refractivity contribution in [1.82, 2.24) is 14.5 Å². The zero-order valence-corrected chi connectivity index (χ0v) is 21.1. The maximum Gasteiger partial charge on any atom is 0.143 e. The molecule has 0 bridgehead atoms. The van der Waals surface area contributed by atoms with Crippen LogP contribution in [-0.2, 0) is 0 Å². The Labute approximate surface area is 211 Å². The van der Waals surface area contributed by atoms with E-state index in [0.717, 1.165) is 61.2 Å². The molecular formula is C29H33FN4O2. The lowest BCUT2D eigenvalue weighted by Gasteiger charge is -2.43. The lowest BCUT2D eigenvalue weighted by atomic mass is 9.83. The summed E-state index contributed by atoms with van der Waals surface area (Å²) >= 11 is 0. The summed E-state index contributed by atoms with van der Waals surface area (Å²) in [6.45, 7) is 5.06. The summed E-state index contributed by atoms with van der Waals surface area (Å²) < 4.78 is 21.3. The van der Waals surface area contributed by atoms with Crippen LogP contribution < -0.4 is 4.74 Å². The van der Waals surface area contributed by atoms with Crippen molar-refractivity contribution in [2.45, 2.75) is 52.0 Å². The van der Waals surface area contributed by atoms with Crippen molar-refractivity contribution in [1.29, 1.82) is 0 Å². The maximum absolute atomic E-state index is 13.6. The second-order valence-corrected chi connectivity index (χ2v) is 9.65. The van der Waals surface area contributed by atoms with E-state index in [1.165, 1.54) is 11.3 Å². The number of aromatic nitrogens is 2. The average Bonchev–Trinajstić information content (AvgIpc) is 3.65. The monoisotopic (exact) mass is 488 g/mol. The van der Waals surface area contributed by atoms with Gasteiger partial charge in [0.1, 0.15) is 11.6 Å². The second kappa shape index (κ2) is 10.2. The molecule has 188 valence electrons. The Kier molecular flexibility index (Phi) is 6.81. The molecule has 1 N–H and O–H groups in total.